The number of rotatable bonds is 1. The Hall–Kier alpha value is -2.09. The second kappa shape index (κ2) is 5.84. The monoisotopic (exact) mass is 328 g/mol. The summed E-state index contributed by atoms with van der Waals surface area (Å²) in [6, 6.07) is 4.04. The summed E-state index contributed by atoms with van der Waals surface area (Å²) in [5, 5.41) is 2.75. The molecule has 2 fully saturated rings. The number of nitrogens with one attached hydrogen (secondary N) is 1. The van der Waals surface area contributed by atoms with Gasteiger partial charge in [-0.05, 0) is 24.6 Å². The minimum atomic E-state index is -4.49. The fourth-order valence-electron chi connectivity index (χ4n) is 2.90. The van der Waals surface area contributed by atoms with Crippen molar-refractivity contribution in [1.29, 1.82) is 0 Å². The van der Waals surface area contributed by atoms with Crippen molar-refractivity contribution < 1.29 is 27.5 Å². The largest absolute Gasteiger partial charge is 0.416 e. The fourth-order valence-corrected chi connectivity index (χ4v) is 2.90. The first-order chi connectivity index (χ1) is 10.8. The van der Waals surface area contributed by atoms with E-state index in [0.29, 0.717) is 13.0 Å². The van der Waals surface area contributed by atoms with Gasteiger partial charge >= 0.3 is 6.18 Å². The number of nitrogens with zero attached hydrogens (tertiary/aromatic N) is 1. The average molecular weight is 328 g/mol. The van der Waals surface area contributed by atoms with Crippen molar-refractivity contribution in [3.05, 3.63) is 35.4 Å². The number of amides is 2. The van der Waals surface area contributed by atoms with Crippen LogP contribution >= 0.6 is 0 Å². The Bertz CT molecular complexity index is 633. The second-order valence-corrected chi connectivity index (χ2v) is 5.64. The molecule has 0 aliphatic carbocycles. The number of morpholine rings is 1. The molecule has 2 heterocycles. The quantitative estimate of drug-likeness (QED) is 0.849. The van der Waals surface area contributed by atoms with E-state index in [2.05, 4.69) is 5.32 Å². The molecule has 2 aliphatic rings. The molecule has 5 nitrogen and oxygen atoms in total. The van der Waals surface area contributed by atoms with Gasteiger partial charge in [0.15, 0.2) is 0 Å². The molecule has 0 unspecified atom stereocenters. The van der Waals surface area contributed by atoms with E-state index in [0.717, 1.165) is 12.1 Å². The standard InChI is InChI=1S/C15H15F3N2O3/c16-15(17,18)10-3-1-2-9(6-10)14(22)20-5-4-12-11(7-20)19-13(21)8-23-12/h1-3,6,11-12H,4-5,7-8H2,(H,19,21)/t11-,12-/m0/s1. The van der Waals surface area contributed by atoms with E-state index in [-0.39, 0.29) is 36.8 Å². The predicted molar refractivity (Wildman–Crippen MR) is 73.6 cm³/mol. The highest BCUT2D eigenvalue weighted by atomic mass is 19.4. The van der Waals surface area contributed by atoms with Crippen LogP contribution in [0.4, 0.5) is 13.2 Å². The zero-order valence-corrected chi connectivity index (χ0v) is 12.1. The zero-order chi connectivity index (χ0) is 16.6. The van der Waals surface area contributed by atoms with Gasteiger partial charge in [-0.15, -0.1) is 0 Å². The molecular formula is C15H15F3N2O3. The maximum absolute atomic E-state index is 12.7. The van der Waals surface area contributed by atoms with Gasteiger partial charge in [0.25, 0.3) is 5.91 Å². The number of likely N-dealkylation sites (tertiary alicyclic amines) is 1. The summed E-state index contributed by atoms with van der Waals surface area (Å²) in [6.07, 6.45) is -4.11. The number of halogens is 3. The molecule has 124 valence electrons. The van der Waals surface area contributed by atoms with Gasteiger partial charge in [0.1, 0.15) is 6.61 Å². The van der Waals surface area contributed by atoms with Crippen molar-refractivity contribution in [2.24, 2.45) is 0 Å². The van der Waals surface area contributed by atoms with Crippen molar-refractivity contribution in [2.75, 3.05) is 19.7 Å². The van der Waals surface area contributed by atoms with Crippen LogP contribution in [0.3, 0.4) is 0 Å². The third kappa shape index (κ3) is 3.31. The van der Waals surface area contributed by atoms with E-state index in [1.807, 2.05) is 0 Å². The van der Waals surface area contributed by atoms with Gasteiger partial charge in [-0.1, -0.05) is 6.07 Å². The van der Waals surface area contributed by atoms with Crippen LogP contribution in [0.25, 0.3) is 0 Å². The molecule has 2 atom stereocenters. The minimum absolute atomic E-state index is 0.00272. The molecule has 1 N–H and O–H groups in total. The summed E-state index contributed by atoms with van der Waals surface area (Å²) in [5.41, 5.74) is -0.867. The normalized spacial score (nSPS) is 24.8. The fraction of sp³-hybridized carbons (Fsp3) is 0.467. The Morgan fingerprint density at radius 1 is 1.35 bits per heavy atom. The molecule has 0 aromatic heterocycles. The summed E-state index contributed by atoms with van der Waals surface area (Å²) < 4.78 is 43.6. The van der Waals surface area contributed by atoms with Crippen LogP contribution in [0.1, 0.15) is 22.3 Å². The molecule has 3 rings (SSSR count). The highest BCUT2D eigenvalue weighted by Crippen LogP contribution is 2.30. The molecule has 2 saturated heterocycles. The average Bonchev–Trinajstić information content (AvgIpc) is 2.52. The number of hydrogen-bond donors (Lipinski definition) is 1. The van der Waals surface area contributed by atoms with E-state index in [1.54, 1.807) is 0 Å². The lowest BCUT2D eigenvalue weighted by Crippen LogP contribution is -2.61. The lowest BCUT2D eigenvalue weighted by atomic mass is 9.99. The molecule has 23 heavy (non-hydrogen) atoms. The maximum atomic E-state index is 12.7. The van der Waals surface area contributed by atoms with Crippen LogP contribution in [0, 0.1) is 0 Å². The van der Waals surface area contributed by atoms with Crippen molar-refractivity contribution in [2.45, 2.75) is 24.7 Å². The predicted octanol–water partition coefficient (Wildman–Crippen LogP) is 1.43. The van der Waals surface area contributed by atoms with Crippen LogP contribution < -0.4 is 5.32 Å². The number of carbonyl (C=O) groups excluding carboxylic acids is 2. The van der Waals surface area contributed by atoms with Crippen LogP contribution in [0.5, 0.6) is 0 Å². The molecule has 1 aromatic rings. The summed E-state index contributed by atoms with van der Waals surface area (Å²) in [4.78, 5) is 25.2. The molecule has 0 saturated carbocycles. The number of ether oxygens (including phenoxy) is 1. The smallest absolute Gasteiger partial charge is 0.366 e. The van der Waals surface area contributed by atoms with Gasteiger partial charge in [-0.25, -0.2) is 0 Å². The number of piperidine rings is 1. The minimum Gasteiger partial charge on any atom is -0.366 e. The second-order valence-electron chi connectivity index (χ2n) is 5.64. The molecule has 2 amide bonds. The van der Waals surface area contributed by atoms with Crippen LogP contribution in [0.2, 0.25) is 0 Å². The van der Waals surface area contributed by atoms with Gasteiger partial charge in [0.05, 0.1) is 17.7 Å². The Labute approximate surface area is 130 Å². The molecule has 0 bridgehead atoms. The van der Waals surface area contributed by atoms with E-state index >= 15 is 0 Å². The topological polar surface area (TPSA) is 58.6 Å². The van der Waals surface area contributed by atoms with Gasteiger partial charge in [-0.3, -0.25) is 9.59 Å². The first kappa shape index (κ1) is 15.8. The van der Waals surface area contributed by atoms with E-state index < -0.39 is 17.6 Å². The number of hydrogen-bond acceptors (Lipinski definition) is 3. The first-order valence-corrected chi connectivity index (χ1v) is 7.22. The summed E-state index contributed by atoms with van der Waals surface area (Å²) in [6.45, 7) is 0.611. The molecule has 0 spiro atoms. The molecular weight excluding hydrogens is 313 g/mol. The summed E-state index contributed by atoms with van der Waals surface area (Å²) in [5.74, 6) is -0.728. The third-order valence-corrected chi connectivity index (χ3v) is 4.05. The van der Waals surface area contributed by atoms with Crippen LogP contribution in [-0.4, -0.2) is 48.6 Å². The summed E-state index contributed by atoms with van der Waals surface area (Å²) in [7, 11) is 0. The Kier molecular flexibility index (Phi) is 4.01. The van der Waals surface area contributed by atoms with Crippen LogP contribution in [-0.2, 0) is 15.7 Å². The lowest BCUT2D eigenvalue weighted by molar-refractivity contribution is -0.140. The number of alkyl halides is 3. The Morgan fingerprint density at radius 3 is 2.87 bits per heavy atom. The van der Waals surface area contributed by atoms with Gasteiger partial charge < -0.3 is 15.0 Å². The zero-order valence-electron chi connectivity index (χ0n) is 12.1. The van der Waals surface area contributed by atoms with E-state index in [4.69, 9.17) is 4.74 Å². The molecule has 2 aliphatic heterocycles. The Morgan fingerprint density at radius 2 is 2.13 bits per heavy atom. The SMILES string of the molecule is O=C1CO[C@H]2CCN(C(=O)c3cccc(C(F)(F)F)c3)C[C@@H]2N1. The third-order valence-electron chi connectivity index (χ3n) is 4.05. The van der Waals surface area contributed by atoms with Gasteiger partial charge in [-0.2, -0.15) is 13.2 Å². The highest BCUT2D eigenvalue weighted by Gasteiger charge is 2.37. The van der Waals surface area contributed by atoms with Crippen molar-refractivity contribution in [3.8, 4) is 0 Å². The van der Waals surface area contributed by atoms with Gasteiger partial charge in [0, 0.05) is 18.7 Å². The van der Waals surface area contributed by atoms with E-state index in [1.165, 1.54) is 17.0 Å². The highest BCUT2D eigenvalue weighted by molar-refractivity contribution is 5.94. The lowest BCUT2D eigenvalue weighted by Gasteiger charge is -2.41. The molecule has 0 radical (unpaired) electrons. The number of carbonyl (C=O) groups is 2. The van der Waals surface area contributed by atoms with Crippen LogP contribution in [0.15, 0.2) is 24.3 Å². The van der Waals surface area contributed by atoms with E-state index in [9.17, 15) is 22.8 Å². The van der Waals surface area contributed by atoms with Crippen molar-refractivity contribution in [3.63, 3.8) is 0 Å². The molecule has 1 aromatic carbocycles. The van der Waals surface area contributed by atoms with Gasteiger partial charge in [0.2, 0.25) is 5.91 Å². The van der Waals surface area contributed by atoms with Crippen molar-refractivity contribution in [1.82, 2.24) is 10.2 Å². The molecule has 8 heteroatoms. The number of fused-ring (bicyclic) bond motifs is 1. The van der Waals surface area contributed by atoms with Crippen molar-refractivity contribution >= 4 is 11.8 Å². The first-order valence-electron chi connectivity index (χ1n) is 7.22. The maximum Gasteiger partial charge on any atom is 0.416 e. The Balaban J connectivity index is 1.75. The summed E-state index contributed by atoms with van der Waals surface area (Å²) >= 11 is 0. The number of benzene rings is 1.